The molecule has 4 aromatic rings. The van der Waals surface area contributed by atoms with Crippen LogP contribution < -0.4 is 10.1 Å². The topological polar surface area (TPSA) is 111 Å². The molecule has 2 amide bonds. The van der Waals surface area contributed by atoms with E-state index in [9.17, 15) is 18.8 Å². The molecule has 5 rings (SSSR count). The average Bonchev–Trinajstić information content (AvgIpc) is 3.20. The van der Waals surface area contributed by atoms with E-state index in [0.29, 0.717) is 43.8 Å². The molecule has 11 heteroatoms. The summed E-state index contributed by atoms with van der Waals surface area (Å²) in [6.07, 6.45) is 1.37. The molecular formula is C26H18ClFN4O5. The summed E-state index contributed by atoms with van der Waals surface area (Å²) < 4.78 is 19.1. The summed E-state index contributed by atoms with van der Waals surface area (Å²) in [6, 6.07) is 15.7. The molecule has 1 aromatic heterocycles. The van der Waals surface area contributed by atoms with Gasteiger partial charge in [-0.25, -0.2) is 19.2 Å². The number of hydrogen-bond acceptors (Lipinski definition) is 8. The summed E-state index contributed by atoms with van der Waals surface area (Å²) in [5.74, 6) is -1.53. The molecule has 186 valence electrons. The molecule has 0 spiro atoms. The van der Waals surface area contributed by atoms with Crippen molar-refractivity contribution in [2.45, 2.75) is 19.4 Å². The largest absolute Gasteiger partial charge is 0.487 e. The van der Waals surface area contributed by atoms with Crippen LogP contribution in [0, 0.1) is 5.82 Å². The van der Waals surface area contributed by atoms with Gasteiger partial charge >= 0.3 is 5.97 Å². The van der Waals surface area contributed by atoms with E-state index in [-0.39, 0.29) is 30.8 Å². The number of rotatable bonds is 7. The normalized spacial score (nSPS) is 13.2. The molecule has 9 nitrogen and oxygen atoms in total. The number of carbonyl (C=O) groups excluding carboxylic acids is 3. The van der Waals surface area contributed by atoms with Crippen molar-refractivity contribution in [2.75, 3.05) is 5.32 Å². The Balaban J connectivity index is 1.33. The summed E-state index contributed by atoms with van der Waals surface area (Å²) in [7, 11) is 0. The SMILES string of the molecule is O=C(ON1C(=O)CCC1=O)c1ccc2ncnc(Nc3ccc(OCc4cccc(F)c4)c(Cl)c3)c2c1. The number of amides is 2. The molecular weight excluding hydrogens is 503 g/mol. The molecule has 0 aliphatic carbocycles. The minimum absolute atomic E-state index is 0.00291. The maximum Gasteiger partial charge on any atom is 0.363 e. The van der Waals surface area contributed by atoms with Crippen LogP contribution in [-0.2, 0) is 21.0 Å². The standard InChI is InChI=1S/C26H18ClFN4O5/c27-20-12-18(5-7-22(20)36-13-15-2-1-3-17(28)10-15)31-25-19-11-16(4-6-21(19)29-14-30-25)26(35)37-32-23(33)8-9-24(32)34/h1-7,10-12,14H,8-9,13H2,(H,29,30,31). The number of hydroxylamine groups is 2. The van der Waals surface area contributed by atoms with Crippen LogP contribution in [0.1, 0.15) is 28.8 Å². The minimum atomic E-state index is -0.858. The second-order valence-corrected chi connectivity index (χ2v) is 8.51. The van der Waals surface area contributed by atoms with E-state index in [1.54, 1.807) is 36.4 Å². The Labute approximate surface area is 214 Å². The van der Waals surface area contributed by atoms with Gasteiger partial charge < -0.3 is 14.9 Å². The summed E-state index contributed by atoms with van der Waals surface area (Å²) in [6.45, 7) is 0.147. The Bertz CT molecular complexity index is 1530. The molecule has 37 heavy (non-hydrogen) atoms. The number of benzene rings is 3. The first-order valence-corrected chi connectivity index (χ1v) is 11.5. The number of nitrogens with zero attached hydrogens (tertiary/aromatic N) is 3. The van der Waals surface area contributed by atoms with Gasteiger partial charge in [0.15, 0.2) is 0 Å². The van der Waals surface area contributed by atoms with E-state index in [4.69, 9.17) is 21.2 Å². The third-order valence-corrected chi connectivity index (χ3v) is 5.82. The van der Waals surface area contributed by atoms with E-state index >= 15 is 0 Å². The fourth-order valence-corrected chi connectivity index (χ4v) is 3.93. The van der Waals surface area contributed by atoms with Crippen LogP contribution >= 0.6 is 11.6 Å². The lowest BCUT2D eigenvalue weighted by Crippen LogP contribution is -2.32. The van der Waals surface area contributed by atoms with Crippen LogP contribution in [0.4, 0.5) is 15.9 Å². The van der Waals surface area contributed by atoms with Gasteiger partial charge in [0.05, 0.1) is 16.1 Å². The third kappa shape index (κ3) is 5.34. The average molecular weight is 521 g/mol. The molecule has 0 bridgehead atoms. The van der Waals surface area contributed by atoms with Gasteiger partial charge in [-0.15, -0.1) is 5.06 Å². The van der Waals surface area contributed by atoms with Crippen LogP contribution in [-0.4, -0.2) is 32.8 Å². The number of fused-ring (bicyclic) bond motifs is 1. The molecule has 1 aliphatic heterocycles. The molecule has 3 aromatic carbocycles. The van der Waals surface area contributed by atoms with Gasteiger partial charge in [-0.2, -0.15) is 0 Å². The Kier molecular flexibility index (Phi) is 6.65. The zero-order valence-corrected chi connectivity index (χ0v) is 19.9. The first-order chi connectivity index (χ1) is 17.9. The maximum absolute atomic E-state index is 13.4. The quantitative estimate of drug-likeness (QED) is 0.340. The monoisotopic (exact) mass is 520 g/mol. The van der Waals surface area contributed by atoms with E-state index in [1.807, 2.05) is 0 Å². The van der Waals surface area contributed by atoms with Crippen molar-refractivity contribution < 1.29 is 28.3 Å². The van der Waals surface area contributed by atoms with E-state index in [0.717, 1.165) is 0 Å². The van der Waals surface area contributed by atoms with E-state index in [2.05, 4.69) is 15.3 Å². The fourth-order valence-electron chi connectivity index (χ4n) is 3.70. The molecule has 0 saturated carbocycles. The Morgan fingerprint density at radius 3 is 2.59 bits per heavy atom. The van der Waals surface area contributed by atoms with E-state index < -0.39 is 17.8 Å². The molecule has 1 aliphatic rings. The minimum Gasteiger partial charge on any atom is -0.487 e. The number of aromatic nitrogens is 2. The van der Waals surface area contributed by atoms with Crippen molar-refractivity contribution in [3.05, 3.63) is 89.0 Å². The van der Waals surface area contributed by atoms with Crippen molar-refractivity contribution in [1.29, 1.82) is 0 Å². The lowest BCUT2D eigenvalue weighted by molar-refractivity contribution is -0.172. The van der Waals surface area contributed by atoms with Gasteiger partial charge in [-0.1, -0.05) is 23.7 Å². The molecule has 1 saturated heterocycles. The summed E-state index contributed by atoms with van der Waals surface area (Å²) in [4.78, 5) is 49.6. The second kappa shape index (κ2) is 10.2. The fraction of sp³-hybridized carbons (Fsp3) is 0.115. The van der Waals surface area contributed by atoms with Gasteiger partial charge in [-0.3, -0.25) is 9.59 Å². The summed E-state index contributed by atoms with van der Waals surface area (Å²) in [5, 5.41) is 4.45. The molecule has 0 radical (unpaired) electrons. The lowest BCUT2D eigenvalue weighted by Gasteiger charge is -2.14. The van der Waals surface area contributed by atoms with Gasteiger partial charge in [0, 0.05) is 23.9 Å². The van der Waals surface area contributed by atoms with Gasteiger partial charge in [0.2, 0.25) is 0 Å². The van der Waals surface area contributed by atoms with Crippen LogP contribution in [0.15, 0.2) is 67.0 Å². The molecule has 0 unspecified atom stereocenters. The Hall–Kier alpha value is -4.57. The highest BCUT2D eigenvalue weighted by atomic mass is 35.5. The van der Waals surface area contributed by atoms with Crippen molar-refractivity contribution in [2.24, 2.45) is 0 Å². The van der Waals surface area contributed by atoms with Crippen LogP contribution in [0.5, 0.6) is 5.75 Å². The number of halogens is 2. The first-order valence-electron chi connectivity index (χ1n) is 11.1. The number of imide groups is 1. The van der Waals surface area contributed by atoms with Crippen LogP contribution in [0.2, 0.25) is 5.02 Å². The predicted octanol–water partition coefficient (Wildman–Crippen LogP) is 4.97. The summed E-state index contributed by atoms with van der Waals surface area (Å²) in [5.41, 5.74) is 1.91. The summed E-state index contributed by atoms with van der Waals surface area (Å²) >= 11 is 6.39. The zero-order valence-electron chi connectivity index (χ0n) is 19.1. The third-order valence-electron chi connectivity index (χ3n) is 5.53. The number of nitrogens with one attached hydrogen (secondary N) is 1. The van der Waals surface area contributed by atoms with Gasteiger partial charge in [-0.05, 0) is 54.1 Å². The Morgan fingerprint density at radius 2 is 1.84 bits per heavy atom. The zero-order chi connectivity index (χ0) is 25.9. The number of hydrogen-bond donors (Lipinski definition) is 1. The number of ether oxygens (including phenoxy) is 1. The smallest absolute Gasteiger partial charge is 0.363 e. The Morgan fingerprint density at radius 1 is 1.03 bits per heavy atom. The first kappa shape index (κ1) is 24.1. The second-order valence-electron chi connectivity index (χ2n) is 8.10. The van der Waals surface area contributed by atoms with Crippen molar-refractivity contribution in [3.63, 3.8) is 0 Å². The molecule has 1 N–H and O–H groups in total. The molecule has 0 atom stereocenters. The van der Waals surface area contributed by atoms with Crippen molar-refractivity contribution in [1.82, 2.24) is 15.0 Å². The van der Waals surface area contributed by atoms with Crippen molar-refractivity contribution in [3.8, 4) is 5.75 Å². The highest BCUT2D eigenvalue weighted by Gasteiger charge is 2.33. The van der Waals surface area contributed by atoms with Crippen LogP contribution in [0.25, 0.3) is 10.9 Å². The highest BCUT2D eigenvalue weighted by molar-refractivity contribution is 6.32. The lowest BCUT2D eigenvalue weighted by atomic mass is 10.1. The van der Waals surface area contributed by atoms with Crippen molar-refractivity contribution >= 4 is 51.8 Å². The molecule has 2 heterocycles. The number of anilines is 2. The van der Waals surface area contributed by atoms with Gasteiger partial charge in [0.1, 0.15) is 30.3 Å². The van der Waals surface area contributed by atoms with Gasteiger partial charge in [0.25, 0.3) is 11.8 Å². The maximum atomic E-state index is 13.4. The molecule has 1 fully saturated rings. The van der Waals surface area contributed by atoms with Crippen LogP contribution in [0.3, 0.4) is 0 Å². The number of carbonyl (C=O) groups is 3. The highest BCUT2D eigenvalue weighted by Crippen LogP contribution is 2.31. The van der Waals surface area contributed by atoms with E-state index in [1.165, 1.54) is 30.6 Å². The predicted molar refractivity (Wildman–Crippen MR) is 132 cm³/mol.